The molecule has 0 unspecified atom stereocenters. The maximum atomic E-state index is 11.6. The van der Waals surface area contributed by atoms with Crippen LogP contribution >= 0.6 is 0 Å². The van der Waals surface area contributed by atoms with E-state index in [1.165, 1.54) is 12.1 Å². The van der Waals surface area contributed by atoms with Crippen LogP contribution in [0.5, 0.6) is 0 Å². The molecule has 0 bridgehead atoms. The molecule has 1 aromatic carbocycles. The Kier molecular flexibility index (Phi) is 4.84. The van der Waals surface area contributed by atoms with E-state index in [-0.39, 0.29) is 10.7 Å². The van der Waals surface area contributed by atoms with Crippen LogP contribution < -0.4 is 4.72 Å². The second-order valence-corrected chi connectivity index (χ2v) is 5.48. The lowest BCUT2D eigenvalue weighted by Gasteiger charge is -2.05. The second kappa shape index (κ2) is 5.93. The van der Waals surface area contributed by atoms with Crippen molar-refractivity contribution in [1.29, 1.82) is 0 Å². The minimum absolute atomic E-state index is 0.146. The summed E-state index contributed by atoms with van der Waals surface area (Å²) in [7, 11) is -3.40. The highest BCUT2D eigenvalue weighted by Crippen LogP contribution is 2.11. The van der Waals surface area contributed by atoms with Gasteiger partial charge in [-0.25, -0.2) is 13.1 Å². The second-order valence-electron chi connectivity index (χ2n) is 3.71. The summed E-state index contributed by atoms with van der Waals surface area (Å²) >= 11 is 0. The molecule has 0 aromatic heterocycles. The molecule has 94 valence electrons. The van der Waals surface area contributed by atoms with Gasteiger partial charge in [0.25, 0.3) is 0 Å². The standard InChI is InChI=1S/C12H17NO3S/c1-3-11(14)9-10-5-7-12(8-6-10)17(15,16)13-4-2/h5-8,13H,3-4,9H2,1-2H3. The largest absolute Gasteiger partial charge is 0.299 e. The minimum atomic E-state index is -3.40. The first kappa shape index (κ1) is 13.9. The van der Waals surface area contributed by atoms with Crippen LogP contribution in [0.1, 0.15) is 25.8 Å². The van der Waals surface area contributed by atoms with Crippen LogP contribution in [0.2, 0.25) is 0 Å². The zero-order valence-corrected chi connectivity index (χ0v) is 10.9. The number of carbonyl (C=O) groups is 1. The van der Waals surface area contributed by atoms with Crippen LogP contribution in [0.4, 0.5) is 0 Å². The van der Waals surface area contributed by atoms with Gasteiger partial charge in [0.05, 0.1) is 4.90 Å². The summed E-state index contributed by atoms with van der Waals surface area (Å²) in [6.45, 7) is 3.90. The van der Waals surface area contributed by atoms with Crippen molar-refractivity contribution in [1.82, 2.24) is 4.72 Å². The van der Waals surface area contributed by atoms with Crippen LogP contribution in [-0.4, -0.2) is 20.7 Å². The lowest BCUT2D eigenvalue weighted by Crippen LogP contribution is -2.23. The quantitative estimate of drug-likeness (QED) is 0.838. The summed E-state index contributed by atoms with van der Waals surface area (Å²) in [5.41, 5.74) is 0.840. The van der Waals surface area contributed by atoms with E-state index >= 15 is 0 Å². The average molecular weight is 255 g/mol. The number of rotatable bonds is 6. The summed E-state index contributed by atoms with van der Waals surface area (Å²) < 4.78 is 25.7. The van der Waals surface area contributed by atoms with Gasteiger partial charge < -0.3 is 0 Å². The van der Waals surface area contributed by atoms with Gasteiger partial charge in [-0.3, -0.25) is 4.79 Å². The molecule has 0 fully saturated rings. The number of ketones is 1. The molecule has 0 spiro atoms. The van der Waals surface area contributed by atoms with Gasteiger partial charge >= 0.3 is 0 Å². The van der Waals surface area contributed by atoms with E-state index in [9.17, 15) is 13.2 Å². The van der Waals surface area contributed by atoms with Crippen molar-refractivity contribution in [2.75, 3.05) is 6.54 Å². The highest BCUT2D eigenvalue weighted by atomic mass is 32.2. The molecule has 0 atom stereocenters. The van der Waals surface area contributed by atoms with Crippen molar-refractivity contribution < 1.29 is 13.2 Å². The monoisotopic (exact) mass is 255 g/mol. The maximum Gasteiger partial charge on any atom is 0.240 e. The Morgan fingerprint density at radius 1 is 1.18 bits per heavy atom. The van der Waals surface area contributed by atoms with Crippen LogP contribution in [0.25, 0.3) is 0 Å². The van der Waals surface area contributed by atoms with Crippen LogP contribution in [0, 0.1) is 0 Å². The fourth-order valence-corrected chi connectivity index (χ4v) is 2.45. The van der Waals surface area contributed by atoms with E-state index in [4.69, 9.17) is 0 Å². The van der Waals surface area contributed by atoms with Crippen molar-refractivity contribution in [2.24, 2.45) is 0 Å². The lowest BCUT2D eigenvalue weighted by atomic mass is 10.1. The Hall–Kier alpha value is -1.20. The lowest BCUT2D eigenvalue weighted by molar-refractivity contribution is -0.118. The summed E-state index contributed by atoms with van der Waals surface area (Å²) in [4.78, 5) is 11.5. The number of sulfonamides is 1. The number of hydrogen-bond acceptors (Lipinski definition) is 3. The zero-order chi connectivity index (χ0) is 12.9. The fourth-order valence-electron chi connectivity index (χ4n) is 1.41. The predicted octanol–water partition coefficient (Wildman–Crippen LogP) is 1.51. The van der Waals surface area contributed by atoms with Crippen molar-refractivity contribution in [2.45, 2.75) is 31.6 Å². The SMILES string of the molecule is CCNS(=O)(=O)c1ccc(CC(=O)CC)cc1. The molecule has 0 amide bonds. The highest BCUT2D eigenvalue weighted by Gasteiger charge is 2.12. The molecular weight excluding hydrogens is 238 g/mol. The van der Waals surface area contributed by atoms with Gasteiger partial charge in [0, 0.05) is 19.4 Å². The molecule has 1 aromatic rings. The topological polar surface area (TPSA) is 63.2 Å². The number of Topliss-reactive ketones (excluding diaryl/α,β-unsaturated/α-hetero) is 1. The Balaban J connectivity index is 2.85. The Morgan fingerprint density at radius 3 is 2.24 bits per heavy atom. The molecule has 0 heterocycles. The Bertz CT molecular complexity index is 477. The first-order valence-electron chi connectivity index (χ1n) is 5.60. The van der Waals surface area contributed by atoms with E-state index in [2.05, 4.69) is 4.72 Å². The molecule has 1 N–H and O–H groups in total. The third-order valence-corrected chi connectivity index (χ3v) is 3.93. The van der Waals surface area contributed by atoms with Gasteiger partial charge in [-0.15, -0.1) is 0 Å². The van der Waals surface area contributed by atoms with Gasteiger partial charge in [-0.2, -0.15) is 0 Å². The summed E-state index contributed by atoms with van der Waals surface area (Å²) in [6.07, 6.45) is 0.857. The van der Waals surface area contributed by atoms with Gasteiger partial charge in [0.15, 0.2) is 0 Å². The van der Waals surface area contributed by atoms with Gasteiger partial charge in [0.1, 0.15) is 5.78 Å². The molecule has 0 saturated carbocycles. The van der Waals surface area contributed by atoms with E-state index in [0.717, 1.165) is 5.56 Å². The van der Waals surface area contributed by atoms with Crippen molar-refractivity contribution >= 4 is 15.8 Å². The zero-order valence-electron chi connectivity index (χ0n) is 10.1. The van der Waals surface area contributed by atoms with Crippen molar-refractivity contribution in [3.05, 3.63) is 29.8 Å². The number of nitrogens with one attached hydrogen (secondary N) is 1. The smallest absolute Gasteiger partial charge is 0.240 e. The third-order valence-electron chi connectivity index (χ3n) is 2.36. The average Bonchev–Trinajstić information content (AvgIpc) is 2.29. The molecule has 0 saturated heterocycles. The summed E-state index contributed by atoms with van der Waals surface area (Å²) in [5, 5.41) is 0. The van der Waals surface area contributed by atoms with Gasteiger partial charge in [0.2, 0.25) is 10.0 Å². The first-order valence-corrected chi connectivity index (χ1v) is 7.08. The van der Waals surface area contributed by atoms with E-state index in [1.807, 2.05) is 6.92 Å². The van der Waals surface area contributed by atoms with E-state index in [0.29, 0.717) is 19.4 Å². The summed E-state index contributed by atoms with van der Waals surface area (Å²) in [5.74, 6) is 0.146. The molecule has 0 aliphatic heterocycles. The Labute approximate surface area is 102 Å². The van der Waals surface area contributed by atoms with Crippen molar-refractivity contribution in [3.8, 4) is 0 Å². The third kappa shape index (κ3) is 3.94. The van der Waals surface area contributed by atoms with Crippen LogP contribution in [0.3, 0.4) is 0 Å². The molecule has 0 radical (unpaired) electrons. The number of hydrogen-bond donors (Lipinski definition) is 1. The van der Waals surface area contributed by atoms with Gasteiger partial charge in [-0.1, -0.05) is 26.0 Å². The van der Waals surface area contributed by atoms with Crippen LogP contribution in [0.15, 0.2) is 29.2 Å². The normalized spacial score (nSPS) is 11.4. The molecule has 4 nitrogen and oxygen atoms in total. The molecule has 0 aliphatic carbocycles. The first-order chi connectivity index (χ1) is 7.99. The Morgan fingerprint density at radius 2 is 1.76 bits per heavy atom. The number of carbonyl (C=O) groups excluding carboxylic acids is 1. The fraction of sp³-hybridized carbons (Fsp3) is 0.417. The van der Waals surface area contributed by atoms with Crippen molar-refractivity contribution in [3.63, 3.8) is 0 Å². The molecular formula is C12H17NO3S. The molecule has 0 aliphatic rings. The van der Waals surface area contributed by atoms with Crippen LogP contribution in [-0.2, 0) is 21.2 Å². The maximum absolute atomic E-state index is 11.6. The molecule has 1 rings (SSSR count). The van der Waals surface area contributed by atoms with E-state index in [1.54, 1.807) is 19.1 Å². The predicted molar refractivity (Wildman–Crippen MR) is 66.3 cm³/mol. The summed E-state index contributed by atoms with van der Waals surface area (Å²) in [6, 6.07) is 6.40. The van der Waals surface area contributed by atoms with E-state index < -0.39 is 10.0 Å². The molecule has 5 heteroatoms. The molecule has 17 heavy (non-hydrogen) atoms. The number of benzene rings is 1. The highest BCUT2D eigenvalue weighted by molar-refractivity contribution is 7.89. The van der Waals surface area contributed by atoms with Gasteiger partial charge in [-0.05, 0) is 17.7 Å². The minimum Gasteiger partial charge on any atom is -0.299 e.